The van der Waals surface area contributed by atoms with Crippen LogP contribution in [0.1, 0.15) is 49.7 Å². The second-order valence-electron chi connectivity index (χ2n) is 6.42. The number of rotatable bonds is 4. The van der Waals surface area contributed by atoms with Gasteiger partial charge < -0.3 is 5.32 Å². The molecule has 0 aliphatic heterocycles. The van der Waals surface area contributed by atoms with Crippen LogP contribution >= 0.6 is 0 Å². The van der Waals surface area contributed by atoms with Gasteiger partial charge >= 0.3 is 0 Å². The highest BCUT2D eigenvalue weighted by molar-refractivity contribution is 5.70. The zero-order chi connectivity index (χ0) is 15.9. The lowest BCUT2D eigenvalue weighted by Crippen LogP contribution is -2.27. The molecule has 2 heteroatoms. The zero-order valence-corrected chi connectivity index (χ0v) is 13.6. The molecule has 0 atom stereocenters. The summed E-state index contributed by atoms with van der Waals surface area (Å²) in [6, 6.07) is 19.3. The normalized spacial score (nSPS) is 15.8. The first-order chi connectivity index (χ1) is 11.4. The first kappa shape index (κ1) is 15.8. The molecule has 1 saturated carbocycles. The molecule has 2 aromatic rings. The molecule has 1 fully saturated rings. The maximum atomic E-state index is 9.23. The Hall–Kier alpha value is -2.11. The summed E-state index contributed by atoms with van der Waals surface area (Å²) in [6.45, 7) is 0.935. The van der Waals surface area contributed by atoms with E-state index in [-0.39, 0.29) is 0 Å². The predicted molar refractivity (Wildman–Crippen MR) is 94.9 cm³/mol. The zero-order valence-electron chi connectivity index (χ0n) is 13.6. The van der Waals surface area contributed by atoms with Crippen molar-refractivity contribution in [1.29, 1.82) is 5.26 Å². The van der Waals surface area contributed by atoms with E-state index in [1.54, 1.807) is 0 Å². The van der Waals surface area contributed by atoms with Gasteiger partial charge in [0.25, 0.3) is 0 Å². The fraction of sp³-hybridized carbons (Fsp3) is 0.381. The van der Waals surface area contributed by atoms with Crippen molar-refractivity contribution < 1.29 is 0 Å². The van der Waals surface area contributed by atoms with Gasteiger partial charge in [-0.3, -0.25) is 0 Å². The van der Waals surface area contributed by atoms with Gasteiger partial charge in [0.2, 0.25) is 0 Å². The molecule has 0 saturated heterocycles. The van der Waals surface area contributed by atoms with Gasteiger partial charge in [0.05, 0.1) is 11.6 Å². The summed E-state index contributed by atoms with van der Waals surface area (Å²) in [5.74, 6) is 0. The first-order valence-electron chi connectivity index (χ1n) is 8.68. The Morgan fingerprint density at radius 3 is 2.30 bits per heavy atom. The third kappa shape index (κ3) is 4.21. The highest BCUT2D eigenvalue weighted by atomic mass is 14.9. The van der Waals surface area contributed by atoms with Gasteiger partial charge in [0.1, 0.15) is 0 Å². The van der Waals surface area contributed by atoms with Gasteiger partial charge in [0, 0.05) is 12.6 Å². The molecular formula is C21H24N2. The smallest absolute Gasteiger partial charge is 0.0998 e. The lowest BCUT2D eigenvalue weighted by molar-refractivity contribution is 0.459. The van der Waals surface area contributed by atoms with Gasteiger partial charge in [-0.2, -0.15) is 5.26 Å². The quantitative estimate of drug-likeness (QED) is 0.803. The van der Waals surface area contributed by atoms with Crippen molar-refractivity contribution in [3.05, 3.63) is 59.7 Å². The molecule has 0 radical (unpaired) electrons. The number of benzene rings is 2. The Labute approximate surface area is 139 Å². The summed E-state index contributed by atoms with van der Waals surface area (Å²) in [6.07, 6.45) is 8.14. The van der Waals surface area contributed by atoms with Crippen LogP contribution in [0.15, 0.2) is 48.5 Å². The van der Waals surface area contributed by atoms with E-state index in [0.717, 1.165) is 23.2 Å². The minimum absolute atomic E-state index is 0.677. The van der Waals surface area contributed by atoms with E-state index < -0.39 is 0 Å². The summed E-state index contributed by atoms with van der Waals surface area (Å²) in [7, 11) is 0. The molecule has 3 rings (SSSR count). The first-order valence-corrected chi connectivity index (χ1v) is 8.68. The molecule has 23 heavy (non-hydrogen) atoms. The Morgan fingerprint density at radius 2 is 1.61 bits per heavy atom. The van der Waals surface area contributed by atoms with Crippen molar-refractivity contribution in [3.63, 3.8) is 0 Å². The standard InChI is InChI=1S/C21H24N2/c22-15-19-7-5-6-10-21(19)18-13-11-17(12-14-18)16-23-20-8-3-1-2-4-9-20/h5-7,10-14,20,23H,1-4,8-9,16H2. The van der Waals surface area contributed by atoms with Crippen molar-refractivity contribution >= 4 is 0 Å². The number of hydrogen-bond acceptors (Lipinski definition) is 2. The minimum atomic E-state index is 0.677. The van der Waals surface area contributed by atoms with E-state index in [4.69, 9.17) is 0 Å². The highest BCUT2D eigenvalue weighted by Crippen LogP contribution is 2.23. The Morgan fingerprint density at radius 1 is 0.913 bits per heavy atom. The van der Waals surface area contributed by atoms with Crippen molar-refractivity contribution in [2.45, 2.75) is 51.1 Å². The monoisotopic (exact) mass is 304 g/mol. The van der Waals surface area contributed by atoms with E-state index in [0.29, 0.717) is 6.04 Å². The SMILES string of the molecule is N#Cc1ccccc1-c1ccc(CNC2CCCCCC2)cc1. The van der Waals surface area contributed by atoms with Gasteiger partial charge in [-0.1, -0.05) is 68.1 Å². The van der Waals surface area contributed by atoms with Crippen LogP contribution in [0.3, 0.4) is 0 Å². The van der Waals surface area contributed by atoms with Crippen molar-refractivity contribution in [2.75, 3.05) is 0 Å². The van der Waals surface area contributed by atoms with E-state index in [2.05, 4.69) is 35.7 Å². The predicted octanol–water partition coefficient (Wildman–Crippen LogP) is 5.04. The molecule has 0 heterocycles. The molecule has 2 aromatic carbocycles. The summed E-state index contributed by atoms with van der Waals surface area (Å²) in [4.78, 5) is 0. The van der Waals surface area contributed by atoms with E-state index in [9.17, 15) is 5.26 Å². The lowest BCUT2D eigenvalue weighted by Gasteiger charge is -2.16. The van der Waals surface area contributed by atoms with Gasteiger partial charge in [0.15, 0.2) is 0 Å². The molecule has 0 spiro atoms. The lowest BCUT2D eigenvalue weighted by atomic mass is 9.99. The van der Waals surface area contributed by atoms with Gasteiger partial charge in [-0.15, -0.1) is 0 Å². The maximum Gasteiger partial charge on any atom is 0.0998 e. The third-order valence-electron chi connectivity index (χ3n) is 4.76. The number of nitriles is 1. The van der Waals surface area contributed by atoms with Crippen LogP contribution in [0.5, 0.6) is 0 Å². The summed E-state index contributed by atoms with van der Waals surface area (Å²) < 4.78 is 0. The molecule has 0 bridgehead atoms. The summed E-state index contributed by atoms with van der Waals surface area (Å²) >= 11 is 0. The minimum Gasteiger partial charge on any atom is -0.310 e. The van der Waals surface area contributed by atoms with Crippen LogP contribution in [-0.2, 0) is 6.54 Å². The summed E-state index contributed by atoms with van der Waals surface area (Å²) in [5.41, 5.74) is 4.17. The molecule has 0 unspecified atom stereocenters. The largest absolute Gasteiger partial charge is 0.310 e. The maximum absolute atomic E-state index is 9.23. The van der Waals surface area contributed by atoms with Crippen LogP contribution in [0.2, 0.25) is 0 Å². The average Bonchev–Trinajstić information content (AvgIpc) is 2.89. The molecule has 1 aliphatic carbocycles. The van der Waals surface area contributed by atoms with Crippen molar-refractivity contribution in [1.82, 2.24) is 5.32 Å². The Bertz CT molecular complexity index is 659. The van der Waals surface area contributed by atoms with Crippen LogP contribution in [-0.4, -0.2) is 6.04 Å². The molecular weight excluding hydrogens is 280 g/mol. The van der Waals surface area contributed by atoms with Crippen molar-refractivity contribution in [3.8, 4) is 17.2 Å². The van der Waals surface area contributed by atoms with Crippen LogP contribution < -0.4 is 5.32 Å². The van der Waals surface area contributed by atoms with E-state index in [1.807, 2.05) is 24.3 Å². The topological polar surface area (TPSA) is 35.8 Å². The van der Waals surface area contributed by atoms with Crippen LogP contribution in [0, 0.1) is 11.3 Å². The summed E-state index contributed by atoms with van der Waals surface area (Å²) in [5, 5.41) is 12.9. The number of nitrogens with zero attached hydrogens (tertiary/aromatic N) is 1. The van der Waals surface area contributed by atoms with E-state index >= 15 is 0 Å². The van der Waals surface area contributed by atoms with Crippen LogP contribution in [0.4, 0.5) is 0 Å². The molecule has 0 amide bonds. The van der Waals surface area contributed by atoms with Gasteiger partial charge in [-0.05, 0) is 35.6 Å². The molecule has 1 N–H and O–H groups in total. The van der Waals surface area contributed by atoms with Crippen LogP contribution in [0.25, 0.3) is 11.1 Å². The third-order valence-corrected chi connectivity index (χ3v) is 4.76. The fourth-order valence-electron chi connectivity index (χ4n) is 3.38. The molecule has 0 aromatic heterocycles. The second kappa shape index (κ2) is 7.94. The Balaban J connectivity index is 1.64. The Kier molecular flexibility index (Phi) is 5.45. The van der Waals surface area contributed by atoms with Gasteiger partial charge in [-0.25, -0.2) is 0 Å². The highest BCUT2D eigenvalue weighted by Gasteiger charge is 2.11. The molecule has 2 nitrogen and oxygen atoms in total. The second-order valence-corrected chi connectivity index (χ2v) is 6.42. The average molecular weight is 304 g/mol. The number of nitrogens with one attached hydrogen (secondary N) is 1. The molecule has 118 valence electrons. The van der Waals surface area contributed by atoms with E-state index in [1.165, 1.54) is 44.1 Å². The van der Waals surface area contributed by atoms with Crippen molar-refractivity contribution in [2.24, 2.45) is 0 Å². The number of hydrogen-bond donors (Lipinski definition) is 1. The fourth-order valence-corrected chi connectivity index (χ4v) is 3.38. The molecule has 1 aliphatic rings.